The molecule has 3 aliphatic rings. The number of nitrogen functional groups attached to an aromatic ring is 2. The Morgan fingerprint density at radius 3 is 2.57 bits per heavy atom. The summed E-state index contributed by atoms with van der Waals surface area (Å²) in [6.07, 6.45) is 2.26. The largest absolute Gasteiger partial charge is 0.478 e. The van der Waals surface area contributed by atoms with Gasteiger partial charge in [-0.15, -0.1) is 21.1 Å². The van der Waals surface area contributed by atoms with Gasteiger partial charge in [0.25, 0.3) is 11.8 Å². The normalized spacial score (nSPS) is 21.3. The van der Waals surface area contributed by atoms with E-state index in [9.17, 15) is 34.2 Å². The molecule has 2 saturated heterocycles. The zero-order chi connectivity index (χ0) is 34.4. The number of nitrogens with one attached hydrogen (secondary N) is 2. The van der Waals surface area contributed by atoms with Crippen molar-refractivity contribution in [3.05, 3.63) is 23.3 Å². The number of oxime groups is 1. The van der Waals surface area contributed by atoms with E-state index in [1.165, 1.54) is 25.6 Å². The second-order valence-electron chi connectivity index (χ2n) is 11.4. The Morgan fingerprint density at radius 2 is 1.98 bits per heavy atom. The summed E-state index contributed by atoms with van der Waals surface area (Å²) in [6, 6.07) is -1.61. The van der Waals surface area contributed by atoms with Crippen molar-refractivity contribution in [3.8, 4) is 0 Å². The number of urea groups is 1. The van der Waals surface area contributed by atoms with Crippen LogP contribution in [0.3, 0.4) is 0 Å². The van der Waals surface area contributed by atoms with Crippen molar-refractivity contribution in [1.29, 1.82) is 0 Å². The third-order valence-electron chi connectivity index (χ3n) is 7.68. The van der Waals surface area contributed by atoms with Crippen LogP contribution in [-0.2, 0) is 37.6 Å². The lowest BCUT2D eigenvalue weighted by Crippen LogP contribution is -2.71. The first-order valence-corrected chi connectivity index (χ1v) is 15.9. The minimum absolute atomic E-state index is 0.000769. The summed E-state index contributed by atoms with van der Waals surface area (Å²) >= 11 is 1.98. The number of nitrogens with two attached hydrogens (primary N) is 3. The topological polar surface area (TPSA) is 291 Å². The molecular formula is C25H33N12O8S2+. The Morgan fingerprint density at radius 1 is 1.26 bits per heavy atom. The molecule has 5 heterocycles. The van der Waals surface area contributed by atoms with Gasteiger partial charge in [0.05, 0.1) is 7.05 Å². The van der Waals surface area contributed by atoms with Crippen molar-refractivity contribution in [3.63, 3.8) is 0 Å². The SMILES string of the molecule is Cn1c(N)c(NC(=O)N2CC[C@@H](N)C2)c[n+]1CC1=C(C(=O)O)N2C(=O)[C@@H](NC(=O)/C(=N/OC(C)(C)C(=O)O)c3nsc(N)n3)[C@H]2SC1. The molecule has 3 atom stereocenters. The number of fused-ring (bicyclic) bond motifs is 1. The van der Waals surface area contributed by atoms with Crippen LogP contribution in [0, 0.1) is 0 Å². The zero-order valence-corrected chi connectivity index (χ0v) is 27.0. The van der Waals surface area contributed by atoms with Gasteiger partial charge in [0.2, 0.25) is 23.3 Å². The maximum absolute atomic E-state index is 13.3. The standard InChI is InChI=1S/C25H32N12O8S2/c1-25(2,22(42)43)45-32-13(17-31-23(28)47-33-17)18(38)30-14-19(39)37-15(21(40)41)10(9-46-20(14)37)6-36-8-12(16(27)34(36)3)29-24(44)35-5-4-11(26)7-35/h8,11,14,20,27H,4-7,9,26H2,1-3H3,(H6,28,29,30,31,33,38,40,41,42,43,44)/p+1/b32-13+/t11-,14-,20-/m1/s1. The van der Waals surface area contributed by atoms with E-state index in [1.54, 1.807) is 27.5 Å². The first-order chi connectivity index (χ1) is 22.1. The molecule has 2 aromatic heterocycles. The molecule has 20 nitrogen and oxygen atoms in total. The van der Waals surface area contributed by atoms with E-state index in [2.05, 4.69) is 25.1 Å². The molecule has 3 aliphatic heterocycles. The molecule has 0 aromatic carbocycles. The first kappa shape index (κ1) is 33.4. The van der Waals surface area contributed by atoms with Gasteiger partial charge in [-0.2, -0.15) is 9.36 Å². The lowest BCUT2D eigenvalue weighted by molar-refractivity contribution is -0.765. The van der Waals surface area contributed by atoms with Gasteiger partial charge in [0, 0.05) is 42.0 Å². The maximum atomic E-state index is 13.3. The summed E-state index contributed by atoms with van der Waals surface area (Å²) in [4.78, 5) is 74.9. The minimum Gasteiger partial charge on any atom is -0.478 e. The summed E-state index contributed by atoms with van der Waals surface area (Å²) in [5.41, 5.74) is 15.9. The number of aromatic nitrogens is 4. The molecule has 22 heteroatoms. The van der Waals surface area contributed by atoms with Crippen molar-refractivity contribution in [2.45, 2.75) is 49.9 Å². The van der Waals surface area contributed by atoms with Gasteiger partial charge in [0.15, 0.2) is 23.2 Å². The molecule has 2 fully saturated rings. The second-order valence-corrected chi connectivity index (χ2v) is 13.3. The Balaban J connectivity index is 1.33. The van der Waals surface area contributed by atoms with Crippen LogP contribution in [-0.4, -0.2) is 111 Å². The second kappa shape index (κ2) is 12.7. The van der Waals surface area contributed by atoms with Gasteiger partial charge in [-0.1, -0.05) is 5.16 Å². The summed E-state index contributed by atoms with van der Waals surface area (Å²) < 4.78 is 7.08. The lowest BCUT2D eigenvalue weighted by atomic mass is 10.0. The minimum atomic E-state index is -1.82. The van der Waals surface area contributed by atoms with Crippen LogP contribution < -0.4 is 32.5 Å². The van der Waals surface area contributed by atoms with E-state index in [0.717, 1.165) is 16.4 Å². The highest BCUT2D eigenvalue weighted by Gasteiger charge is 2.55. The first-order valence-electron chi connectivity index (χ1n) is 14.1. The summed E-state index contributed by atoms with van der Waals surface area (Å²) in [5, 5.41) is 27.6. The predicted octanol–water partition coefficient (Wildman–Crippen LogP) is -2.08. The fraction of sp³-hybridized carbons (Fsp3) is 0.480. The number of hydrogen-bond donors (Lipinski definition) is 7. The maximum Gasteiger partial charge on any atom is 0.352 e. The number of aliphatic carboxylic acids is 2. The summed E-state index contributed by atoms with van der Waals surface area (Å²) in [6.45, 7) is 3.38. The van der Waals surface area contributed by atoms with Gasteiger partial charge in [0.1, 0.15) is 17.1 Å². The monoisotopic (exact) mass is 693 g/mol. The number of carboxylic acid groups (broad SMARTS) is 2. The number of β-lactam (4-membered cyclic amide) rings is 1. The molecular weight excluding hydrogens is 660 g/mol. The van der Waals surface area contributed by atoms with Crippen molar-refractivity contribution >= 4 is 75.4 Å². The Hall–Kier alpha value is -4.96. The number of nitrogens with zero attached hydrogens (tertiary/aromatic N) is 7. The molecule has 0 saturated carbocycles. The number of anilines is 3. The number of likely N-dealkylation sites (tertiary alicyclic amines) is 1. The number of hydrogen-bond acceptors (Lipinski definition) is 14. The lowest BCUT2D eigenvalue weighted by Gasteiger charge is -2.49. The molecule has 0 bridgehead atoms. The molecule has 0 unspecified atom stereocenters. The third-order valence-corrected chi connectivity index (χ3v) is 9.56. The molecule has 10 N–H and O–H groups in total. The number of amides is 4. The highest BCUT2D eigenvalue weighted by molar-refractivity contribution is 8.00. The van der Waals surface area contributed by atoms with Crippen LogP contribution in [0.4, 0.5) is 21.4 Å². The Bertz CT molecular complexity index is 1720. The molecule has 252 valence electrons. The number of carboxylic acids is 2. The number of rotatable bonds is 10. The highest BCUT2D eigenvalue weighted by atomic mass is 32.2. The fourth-order valence-corrected chi connectivity index (χ4v) is 6.72. The van der Waals surface area contributed by atoms with E-state index in [0.29, 0.717) is 30.8 Å². The van der Waals surface area contributed by atoms with Crippen molar-refractivity contribution < 1.29 is 43.7 Å². The molecule has 2 aromatic rings. The van der Waals surface area contributed by atoms with Crippen molar-refractivity contribution in [2.24, 2.45) is 17.9 Å². The van der Waals surface area contributed by atoms with Gasteiger partial charge >= 0.3 is 18.0 Å². The molecule has 4 amide bonds. The molecule has 0 spiro atoms. The molecule has 5 rings (SSSR count). The van der Waals surface area contributed by atoms with Crippen LogP contribution in [0.25, 0.3) is 0 Å². The van der Waals surface area contributed by atoms with E-state index in [4.69, 9.17) is 22.0 Å². The van der Waals surface area contributed by atoms with E-state index in [-0.39, 0.29) is 46.8 Å². The van der Waals surface area contributed by atoms with Crippen LogP contribution >= 0.6 is 23.3 Å². The summed E-state index contributed by atoms with van der Waals surface area (Å²) in [5.74, 6) is -4.21. The van der Waals surface area contributed by atoms with Crippen molar-refractivity contribution in [1.82, 2.24) is 29.2 Å². The van der Waals surface area contributed by atoms with Crippen LogP contribution in [0.2, 0.25) is 0 Å². The van der Waals surface area contributed by atoms with Gasteiger partial charge in [-0.25, -0.2) is 14.4 Å². The predicted molar refractivity (Wildman–Crippen MR) is 167 cm³/mol. The van der Waals surface area contributed by atoms with Gasteiger partial charge in [-0.3, -0.25) is 19.8 Å². The van der Waals surface area contributed by atoms with Crippen LogP contribution in [0.15, 0.2) is 22.6 Å². The number of thioether (sulfide) groups is 1. The smallest absolute Gasteiger partial charge is 0.352 e. The average molecular weight is 694 g/mol. The molecule has 47 heavy (non-hydrogen) atoms. The van der Waals surface area contributed by atoms with Crippen LogP contribution in [0.5, 0.6) is 0 Å². The average Bonchev–Trinajstić information content (AvgIpc) is 3.71. The highest BCUT2D eigenvalue weighted by Crippen LogP contribution is 2.40. The third kappa shape index (κ3) is 6.51. The van der Waals surface area contributed by atoms with Crippen molar-refractivity contribution in [2.75, 3.05) is 35.6 Å². The van der Waals surface area contributed by atoms with Gasteiger partial charge < -0.3 is 42.5 Å². The van der Waals surface area contributed by atoms with E-state index >= 15 is 0 Å². The number of carbonyl (C=O) groups excluding carboxylic acids is 3. The molecule has 0 radical (unpaired) electrons. The zero-order valence-electron chi connectivity index (χ0n) is 25.4. The van der Waals surface area contributed by atoms with Gasteiger partial charge in [-0.05, 0) is 20.3 Å². The van der Waals surface area contributed by atoms with Crippen LogP contribution in [0.1, 0.15) is 26.1 Å². The summed E-state index contributed by atoms with van der Waals surface area (Å²) in [7, 11) is 1.64. The Labute approximate surface area is 274 Å². The fourth-order valence-electron chi connectivity index (χ4n) is 4.95. The quantitative estimate of drug-likeness (QED) is 0.0608. The van der Waals surface area contributed by atoms with E-state index in [1.807, 2.05) is 0 Å². The Kier molecular flexibility index (Phi) is 9.01. The number of carbonyl (C=O) groups is 5. The van der Waals surface area contributed by atoms with E-state index < -0.39 is 46.5 Å². The molecule has 0 aliphatic carbocycles.